The molecule has 2 saturated heterocycles. The van der Waals surface area contributed by atoms with E-state index in [9.17, 15) is 9.59 Å². The third-order valence-corrected chi connectivity index (χ3v) is 4.58. The minimum Gasteiger partial charge on any atom is -0.353 e. The van der Waals surface area contributed by atoms with Crippen LogP contribution in [0.15, 0.2) is 0 Å². The Labute approximate surface area is 133 Å². The summed E-state index contributed by atoms with van der Waals surface area (Å²) >= 11 is 0. The number of amides is 2. The van der Waals surface area contributed by atoms with Crippen molar-refractivity contribution in [1.82, 2.24) is 20.0 Å². The Morgan fingerprint density at radius 3 is 2.09 bits per heavy atom. The van der Waals surface area contributed by atoms with Gasteiger partial charge in [0.15, 0.2) is 0 Å². The van der Waals surface area contributed by atoms with Gasteiger partial charge in [-0.25, -0.2) is 0 Å². The zero-order chi connectivity index (χ0) is 16.1. The molecule has 0 spiro atoms. The van der Waals surface area contributed by atoms with Gasteiger partial charge in [-0.1, -0.05) is 0 Å². The summed E-state index contributed by atoms with van der Waals surface area (Å²) in [6.45, 7) is 11.6. The van der Waals surface area contributed by atoms with Crippen LogP contribution in [0, 0.1) is 0 Å². The Morgan fingerprint density at radius 1 is 0.955 bits per heavy atom. The van der Waals surface area contributed by atoms with Crippen molar-refractivity contribution in [3.05, 3.63) is 0 Å². The standard InChI is InChI=1S/C16H30N4O2/c1-13(2)17-16(22)14(3)19-8-10-20(11-9-19)15(21)12-18-6-4-5-7-18/h13-14H,4-12H2,1-3H3,(H,17,22)/t14-/m0/s1. The molecule has 0 unspecified atom stereocenters. The zero-order valence-corrected chi connectivity index (χ0v) is 14.2. The quantitative estimate of drug-likeness (QED) is 0.785. The molecule has 2 amide bonds. The zero-order valence-electron chi connectivity index (χ0n) is 14.2. The largest absolute Gasteiger partial charge is 0.353 e. The van der Waals surface area contributed by atoms with Gasteiger partial charge < -0.3 is 10.2 Å². The van der Waals surface area contributed by atoms with Gasteiger partial charge in [-0.05, 0) is 46.7 Å². The molecule has 2 heterocycles. The van der Waals surface area contributed by atoms with Gasteiger partial charge in [0, 0.05) is 32.2 Å². The molecular formula is C16H30N4O2. The molecule has 0 aliphatic carbocycles. The van der Waals surface area contributed by atoms with Crippen molar-refractivity contribution in [2.45, 2.75) is 45.7 Å². The Morgan fingerprint density at radius 2 is 1.55 bits per heavy atom. The highest BCUT2D eigenvalue weighted by atomic mass is 16.2. The summed E-state index contributed by atoms with van der Waals surface area (Å²) in [7, 11) is 0. The van der Waals surface area contributed by atoms with Crippen LogP contribution in [0.3, 0.4) is 0 Å². The second-order valence-electron chi connectivity index (χ2n) is 6.74. The molecule has 1 atom stereocenters. The van der Waals surface area contributed by atoms with Crippen molar-refractivity contribution < 1.29 is 9.59 Å². The maximum Gasteiger partial charge on any atom is 0.237 e. The second kappa shape index (κ2) is 7.92. The van der Waals surface area contributed by atoms with Crippen molar-refractivity contribution in [3.8, 4) is 0 Å². The van der Waals surface area contributed by atoms with Crippen molar-refractivity contribution in [2.75, 3.05) is 45.8 Å². The Bertz CT molecular complexity index is 386. The van der Waals surface area contributed by atoms with Gasteiger partial charge in [0.25, 0.3) is 0 Å². The van der Waals surface area contributed by atoms with Gasteiger partial charge in [-0.15, -0.1) is 0 Å². The van der Waals surface area contributed by atoms with Crippen LogP contribution in [0.5, 0.6) is 0 Å². The van der Waals surface area contributed by atoms with Crippen LogP contribution in [0.25, 0.3) is 0 Å². The predicted octanol–water partition coefficient (Wildman–Crippen LogP) is 0.140. The molecule has 22 heavy (non-hydrogen) atoms. The van der Waals surface area contributed by atoms with E-state index in [4.69, 9.17) is 0 Å². The third-order valence-electron chi connectivity index (χ3n) is 4.58. The molecule has 6 nitrogen and oxygen atoms in total. The molecule has 126 valence electrons. The number of rotatable bonds is 5. The van der Waals surface area contributed by atoms with Crippen LogP contribution >= 0.6 is 0 Å². The smallest absolute Gasteiger partial charge is 0.237 e. The van der Waals surface area contributed by atoms with Crippen LogP contribution < -0.4 is 5.32 Å². The maximum absolute atomic E-state index is 12.3. The molecular weight excluding hydrogens is 280 g/mol. The molecule has 0 aromatic carbocycles. The van der Waals surface area contributed by atoms with Gasteiger partial charge in [0.2, 0.25) is 11.8 Å². The molecule has 2 rings (SSSR count). The number of carbonyl (C=O) groups excluding carboxylic acids is 2. The summed E-state index contributed by atoms with van der Waals surface area (Å²) in [5.74, 6) is 0.313. The van der Waals surface area contributed by atoms with Crippen LogP contribution in [-0.4, -0.2) is 84.4 Å². The lowest BCUT2D eigenvalue weighted by Gasteiger charge is -2.38. The molecule has 0 aromatic heterocycles. The first-order valence-electron chi connectivity index (χ1n) is 8.52. The summed E-state index contributed by atoms with van der Waals surface area (Å²) in [6, 6.07) is 0.0384. The van der Waals surface area contributed by atoms with Crippen molar-refractivity contribution in [1.29, 1.82) is 0 Å². The van der Waals surface area contributed by atoms with Crippen LogP contribution in [0.1, 0.15) is 33.6 Å². The van der Waals surface area contributed by atoms with E-state index in [0.717, 1.165) is 39.3 Å². The van der Waals surface area contributed by atoms with Gasteiger partial charge >= 0.3 is 0 Å². The predicted molar refractivity (Wildman–Crippen MR) is 86.6 cm³/mol. The number of likely N-dealkylation sites (tertiary alicyclic amines) is 1. The SMILES string of the molecule is CC(C)NC(=O)[C@H](C)N1CCN(C(=O)CN2CCCC2)CC1. The summed E-state index contributed by atoms with van der Waals surface area (Å²) in [5, 5.41) is 2.95. The highest BCUT2D eigenvalue weighted by Crippen LogP contribution is 2.10. The molecule has 2 aliphatic heterocycles. The van der Waals surface area contributed by atoms with E-state index >= 15 is 0 Å². The van der Waals surface area contributed by atoms with Gasteiger partial charge in [-0.2, -0.15) is 0 Å². The molecule has 0 aromatic rings. The van der Waals surface area contributed by atoms with Crippen LogP contribution in [0.4, 0.5) is 0 Å². The monoisotopic (exact) mass is 310 g/mol. The van der Waals surface area contributed by atoms with Crippen LogP contribution in [0.2, 0.25) is 0 Å². The molecule has 0 saturated carbocycles. The number of carbonyl (C=O) groups is 2. The number of nitrogens with zero attached hydrogens (tertiary/aromatic N) is 3. The first-order chi connectivity index (χ1) is 10.5. The lowest BCUT2D eigenvalue weighted by molar-refractivity contribution is -0.135. The normalized spacial score (nSPS) is 22.1. The van der Waals surface area contributed by atoms with E-state index in [2.05, 4.69) is 15.1 Å². The fraction of sp³-hybridized carbons (Fsp3) is 0.875. The van der Waals surface area contributed by atoms with E-state index in [1.807, 2.05) is 25.7 Å². The average molecular weight is 310 g/mol. The molecule has 0 radical (unpaired) electrons. The molecule has 6 heteroatoms. The second-order valence-corrected chi connectivity index (χ2v) is 6.74. The van der Waals surface area contributed by atoms with E-state index in [1.165, 1.54) is 12.8 Å². The number of hydrogen-bond donors (Lipinski definition) is 1. The fourth-order valence-electron chi connectivity index (χ4n) is 3.16. The lowest BCUT2D eigenvalue weighted by Crippen LogP contribution is -2.56. The van der Waals surface area contributed by atoms with E-state index in [-0.39, 0.29) is 23.9 Å². The number of hydrogen-bond acceptors (Lipinski definition) is 4. The first kappa shape index (κ1) is 17.2. The van der Waals surface area contributed by atoms with E-state index in [1.54, 1.807) is 0 Å². The summed E-state index contributed by atoms with van der Waals surface area (Å²) < 4.78 is 0. The molecule has 1 N–H and O–H groups in total. The topological polar surface area (TPSA) is 55.9 Å². The summed E-state index contributed by atoms with van der Waals surface area (Å²) in [4.78, 5) is 30.7. The summed E-state index contributed by atoms with van der Waals surface area (Å²) in [5.41, 5.74) is 0. The van der Waals surface area contributed by atoms with Crippen molar-refractivity contribution in [3.63, 3.8) is 0 Å². The number of piperazine rings is 1. The van der Waals surface area contributed by atoms with Crippen LogP contribution in [-0.2, 0) is 9.59 Å². The molecule has 2 aliphatic rings. The first-order valence-corrected chi connectivity index (χ1v) is 8.52. The minimum atomic E-state index is -0.127. The fourth-order valence-corrected chi connectivity index (χ4v) is 3.16. The van der Waals surface area contributed by atoms with Gasteiger partial charge in [-0.3, -0.25) is 19.4 Å². The lowest BCUT2D eigenvalue weighted by atomic mass is 10.2. The van der Waals surface area contributed by atoms with Gasteiger partial charge in [0.05, 0.1) is 12.6 Å². The molecule has 0 bridgehead atoms. The Hall–Kier alpha value is -1.14. The average Bonchev–Trinajstić information content (AvgIpc) is 2.98. The van der Waals surface area contributed by atoms with Crippen molar-refractivity contribution in [2.24, 2.45) is 0 Å². The molecule has 2 fully saturated rings. The van der Waals surface area contributed by atoms with E-state index < -0.39 is 0 Å². The van der Waals surface area contributed by atoms with E-state index in [0.29, 0.717) is 6.54 Å². The van der Waals surface area contributed by atoms with Gasteiger partial charge in [0.1, 0.15) is 0 Å². The minimum absolute atomic E-state index is 0.0758. The Kier molecular flexibility index (Phi) is 6.20. The van der Waals surface area contributed by atoms with Crippen molar-refractivity contribution >= 4 is 11.8 Å². The Balaban J connectivity index is 1.74. The summed E-state index contributed by atoms with van der Waals surface area (Å²) in [6.07, 6.45) is 2.42. The highest BCUT2D eigenvalue weighted by molar-refractivity contribution is 5.81. The highest BCUT2D eigenvalue weighted by Gasteiger charge is 2.28. The maximum atomic E-state index is 12.3. The number of nitrogens with one attached hydrogen (secondary N) is 1. The third kappa shape index (κ3) is 4.68.